The van der Waals surface area contributed by atoms with Gasteiger partial charge in [-0.1, -0.05) is 18.2 Å². The summed E-state index contributed by atoms with van der Waals surface area (Å²) in [6.45, 7) is 5.60. The molecule has 0 fully saturated rings. The topological polar surface area (TPSA) is 94.4 Å². The molecule has 0 bridgehead atoms. The van der Waals surface area contributed by atoms with Crippen LogP contribution in [0, 0.1) is 0 Å². The van der Waals surface area contributed by atoms with Gasteiger partial charge in [0.15, 0.2) is 5.82 Å². The molecule has 32 heavy (non-hydrogen) atoms. The van der Waals surface area contributed by atoms with Gasteiger partial charge in [-0.15, -0.1) is 10.2 Å². The average molecular weight is 439 g/mol. The molecule has 170 valence electrons. The van der Waals surface area contributed by atoms with Crippen molar-refractivity contribution in [3.05, 3.63) is 47.7 Å². The van der Waals surface area contributed by atoms with Gasteiger partial charge in [-0.3, -0.25) is 9.69 Å². The van der Waals surface area contributed by atoms with Crippen molar-refractivity contribution in [1.82, 2.24) is 30.0 Å². The molecule has 1 aliphatic heterocycles. The van der Waals surface area contributed by atoms with Crippen LogP contribution in [0.4, 0.5) is 0 Å². The van der Waals surface area contributed by atoms with Gasteiger partial charge in [-0.2, -0.15) is 0 Å². The normalized spacial score (nSPS) is 15.2. The fraction of sp³-hybridized carbons (Fsp3) is 0.478. The van der Waals surface area contributed by atoms with Gasteiger partial charge in [-0.25, -0.2) is 4.98 Å². The minimum absolute atomic E-state index is 0.0512. The van der Waals surface area contributed by atoms with E-state index in [9.17, 15) is 4.79 Å². The molecule has 3 heterocycles. The van der Waals surface area contributed by atoms with E-state index < -0.39 is 0 Å². The quantitative estimate of drug-likeness (QED) is 0.576. The van der Waals surface area contributed by atoms with Crippen LogP contribution in [0.5, 0.6) is 5.75 Å². The maximum atomic E-state index is 12.1. The average Bonchev–Trinajstić information content (AvgIpc) is 3.11. The lowest BCUT2D eigenvalue weighted by atomic mass is 10.2. The fourth-order valence-corrected chi connectivity index (χ4v) is 4.08. The van der Waals surface area contributed by atoms with Crippen molar-refractivity contribution < 1.29 is 14.3 Å². The molecule has 1 N–H and O–H groups in total. The Morgan fingerprint density at radius 2 is 2.03 bits per heavy atom. The van der Waals surface area contributed by atoms with E-state index in [1.807, 2.05) is 25.1 Å². The molecule has 9 nitrogen and oxygen atoms in total. The van der Waals surface area contributed by atoms with Crippen LogP contribution in [-0.4, -0.2) is 64.5 Å². The summed E-state index contributed by atoms with van der Waals surface area (Å²) in [5.74, 6) is 2.48. The highest BCUT2D eigenvalue weighted by molar-refractivity contribution is 5.84. The minimum atomic E-state index is -0.207. The van der Waals surface area contributed by atoms with Gasteiger partial charge in [0, 0.05) is 51.5 Å². The van der Waals surface area contributed by atoms with Crippen LogP contribution >= 0.6 is 0 Å². The first kappa shape index (κ1) is 22.2. The summed E-state index contributed by atoms with van der Waals surface area (Å²) in [5.41, 5.74) is 1.90. The highest BCUT2D eigenvalue weighted by Crippen LogP contribution is 2.24. The summed E-state index contributed by atoms with van der Waals surface area (Å²) in [6, 6.07) is 9.93. The predicted molar refractivity (Wildman–Crippen MR) is 120 cm³/mol. The van der Waals surface area contributed by atoms with Crippen LogP contribution in [0.2, 0.25) is 0 Å². The molecule has 0 saturated heterocycles. The molecule has 1 unspecified atom stereocenters. The second-order valence-corrected chi connectivity index (χ2v) is 8.02. The Morgan fingerprint density at radius 1 is 1.16 bits per heavy atom. The second-order valence-electron chi connectivity index (χ2n) is 8.02. The first-order chi connectivity index (χ1) is 15.6. The van der Waals surface area contributed by atoms with Crippen LogP contribution in [0.25, 0.3) is 10.9 Å². The van der Waals surface area contributed by atoms with E-state index in [2.05, 4.69) is 37.1 Å². The molecule has 0 radical (unpaired) electrons. The third-order valence-corrected chi connectivity index (χ3v) is 5.79. The van der Waals surface area contributed by atoms with Crippen molar-refractivity contribution in [1.29, 1.82) is 0 Å². The number of methoxy groups -OCH3 is 2. The molecule has 1 atom stereocenters. The number of ether oxygens (including phenoxy) is 2. The Morgan fingerprint density at radius 3 is 2.84 bits per heavy atom. The summed E-state index contributed by atoms with van der Waals surface area (Å²) in [7, 11) is 3.26. The zero-order valence-corrected chi connectivity index (χ0v) is 18.9. The summed E-state index contributed by atoms with van der Waals surface area (Å²) >= 11 is 0. The fourth-order valence-electron chi connectivity index (χ4n) is 4.08. The zero-order chi connectivity index (χ0) is 22.5. The molecule has 1 aliphatic rings. The van der Waals surface area contributed by atoms with Crippen LogP contribution < -0.4 is 10.1 Å². The third kappa shape index (κ3) is 4.89. The lowest BCUT2D eigenvalue weighted by Crippen LogP contribution is -2.30. The number of carbonyl (C=O) groups excluding carboxylic acids is 1. The monoisotopic (exact) mass is 438 g/mol. The number of aromatic nitrogens is 4. The molecular weight excluding hydrogens is 408 g/mol. The summed E-state index contributed by atoms with van der Waals surface area (Å²) in [5, 5.41) is 12.8. The second kappa shape index (κ2) is 10.1. The number of nitrogens with one attached hydrogen (secondary N) is 1. The van der Waals surface area contributed by atoms with E-state index in [1.54, 1.807) is 14.2 Å². The molecule has 1 aromatic carbocycles. The van der Waals surface area contributed by atoms with Gasteiger partial charge >= 0.3 is 0 Å². The number of benzene rings is 1. The summed E-state index contributed by atoms with van der Waals surface area (Å²) < 4.78 is 12.6. The number of amides is 1. The van der Waals surface area contributed by atoms with E-state index >= 15 is 0 Å². The SMILES string of the molecule is COCCC(=O)NC(C)c1nnc2n1CCN(Cc1ccc3cccc(OC)c3n1)CC2. The number of para-hydroxylation sites is 1. The van der Waals surface area contributed by atoms with E-state index in [4.69, 9.17) is 14.5 Å². The van der Waals surface area contributed by atoms with Crippen molar-refractivity contribution >= 4 is 16.8 Å². The number of fused-ring (bicyclic) bond motifs is 2. The van der Waals surface area contributed by atoms with E-state index in [0.717, 1.165) is 66.6 Å². The zero-order valence-electron chi connectivity index (χ0n) is 18.9. The number of hydrogen-bond acceptors (Lipinski definition) is 7. The molecule has 0 saturated carbocycles. The van der Waals surface area contributed by atoms with Gasteiger partial charge in [0.2, 0.25) is 5.91 Å². The van der Waals surface area contributed by atoms with Crippen LogP contribution in [-0.2, 0) is 29.0 Å². The Labute approximate surface area is 187 Å². The van der Waals surface area contributed by atoms with Gasteiger partial charge in [0.05, 0.1) is 25.5 Å². The lowest BCUT2D eigenvalue weighted by molar-refractivity contribution is -0.122. The first-order valence-corrected chi connectivity index (χ1v) is 10.9. The maximum Gasteiger partial charge on any atom is 0.222 e. The van der Waals surface area contributed by atoms with Crippen molar-refractivity contribution in [2.75, 3.05) is 33.9 Å². The van der Waals surface area contributed by atoms with Gasteiger partial charge < -0.3 is 19.4 Å². The van der Waals surface area contributed by atoms with Gasteiger partial charge in [-0.05, 0) is 19.1 Å². The highest BCUT2D eigenvalue weighted by atomic mass is 16.5. The molecule has 3 aromatic rings. The van der Waals surface area contributed by atoms with E-state index in [-0.39, 0.29) is 11.9 Å². The maximum absolute atomic E-state index is 12.1. The van der Waals surface area contributed by atoms with Crippen molar-refractivity contribution in [2.45, 2.75) is 38.9 Å². The van der Waals surface area contributed by atoms with E-state index in [0.29, 0.717) is 13.0 Å². The molecule has 9 heteroatoms. The Hall–Kier alpha value is -3.04. The van der Waals surface area contributed by atoms with Crippen LogP contribution in [0.3, 0.4) is 0 Å². The van der Waals surface area contributed by atoms with Gasteiger partial charge in [0.25, 0.3) is 0 Å². The molecule has 0 spiro atoms. The van der Waals surface area contributed by atoms with Crippen LogP contribution in [0.1, 0.15) is 36.7 Å². The smallest absolute Gasteiger partial charge is 0.222 e. The summed E-state index contributed by atoms with van der Waals surface area (Å²) in [6.07, 6.45) is 1.13. The molecule has 1 amide bonds. The summed E-state index contributed by atoms with van der Waals surface area (Å²) in [4.78, 5) is 19.3. The Balaban J connectivity index is 1.42. The predicted octanol–water partition coefficient (Wildman–Crippen LogP) is 2.11. The standard InChI is InChI=1S/C23H30N6O3/c1-16(24-21(30)10-14-31-2)23-27-26-20-9-11-28(12-13-29(20)23)15-18-8-7-17-5-4-6-19(32-3)22(17)25-18/h4-8,16H,9-15H2,1-3H3,(H,24,30). The van der Waals surface area contributed by atoms with Crippen LogP contribution in [0.15, 0.2) is 30.3 Å². The number of nitrogens with zero attached hydrogens (tertiary/aromatic N) is 5. The number of pyridine rings is 1. The largest absolute Gasteiger partial charge is 0.494 e. The Kier molecular flexibility index (Phi) is 6.96. The molecular formula is C23H30N6O3. The number of hydrogen-bond donors (Lipinski definition) is 1. The minimum Gasteiger partial charge on any atom is -0.494 e. The highest BCUT2D eigenvalue weighted by Gasteiger charge is 2.23. The number of rotatable bonds is 8. The Bertz CT molecular complexity index is 1080. The third-order valence-electron chi connectivity index (χ3n) is 5.79. The van der Waals surface area contributed by atoms with E-state index in [1.165, 1.54) is 0 Å². The molecule has 4 rings (SSSR count). The lowest BCUT2D eigenvalue weighted by Gasteiger charge is -2.20. The first-order valence-electron chi connectivity index (χ1n) is 10.9. The van der Waals surface area contributed by atoms with Crippen molar-refractivity contribution in [3.63, 3.8) is 0 Å². The molecule has 2 aromatic heterocycles. The van der Waals surface area contributed by atoms with Gasteiger partial charge in [0.1, 0.15) is 17.1 Å². The van der Waals surface area contributed by atoms with Crippen molar-refractivity contribution in [2.24, 2.45) is 0 Å². The van der Waals surface area contributed by atoms with Crippen molar-refractivity contribution in [3.8, 4) is 5.75 Å². The number of carbonyl (C=O) groups is 1. The molecule has 0 aliphatic carbocycles.